The summed E-state index contributed by atoms with van der Waals surface area (Å²) in [5, 5.41) is 7.21. The molecule has 0 aliphatic carbocycles. The van der Waals surface area contributed by atoms with E-state index in [0.717, 1.165) is 30.5 Å². The Kier molecular flexibility index (Phi) is 7.24. The SMILES string of the molecule is COc1ccc(-c2noc(CN3CCCC(C(=O)NCc4cccc(C)c4)C3)n2)cc1OC. The first-order valence-electron chi connectivity index (χ1n) is 11.2. The van der Waals surface area contributed by atoms with Gasteiger partial charge in [-0.1, -0.05) is 35.0 Å². The van der Waals surface area contributed by atoms with Crippen LogP contribution in [0.15, 0.2) is 47.0 Å². The molecule has 1 aliphatic heterocycles. The van der Waals surface area contributed by atoms with Crippen LogP contribution in [0.3, 0.4) is 0 Å². The van der Waals surface area contributed by atoms with Gasteiger partial charge in [0.15, 0.2) is 11.5 Å². The molecule has 33 heavy (non-hydrogen) atoms. The number of nitrogens with one attached hydrogen (secondary N) is 1. The van der Waals surface area contributed by atoms with E-state index in [1.54, 1.807) is 14.2 Å². The number of benzene rings is 2. The Morgan fingerprint density at radius 2 is 2.03 bits per heavy atom. The molecule has 2 heterocycles. The number of hydrogen-bond donors (Lipinski definition) is 1. The molecule has 1 aliphatic rings. The van der Waals surface area contributed by atoms with Crippen molar-refractivity contribution >= 4 is 5.91 Å². The van der Waals surface area contributed by atoms with E-state index in [0.29, 0.717) is 42.8 Å². The summed E-state index contributed by atoms with van der Waals surface area (Å²) in [5.74, 6) is 2.33. The number of aryl methyl sites for hydroxylation is 1. The van der Waals surface area contributed by atoms with Crippen LogP contribution < -0.4 is 14.8 Å². The summed E-state index contributed by atoms with van der Waals surface area (Å²) in [5.41, 5.74) is 3.09. The normalized spacial score (nSPS) is 16.4. The molecule has 0 bridgehead atoms. The molecule has 1 saturated heterocycles. The van der Waals surface area contributed by atoms with E-state index in [1.807, 2.05) is 30.3 Å². The van der Waals surface area contributed by atoms with Gasteiger partial charge in [0.25, 0.3) is 0 Å². The summed E-state index contributed by atoms with van der Waals surface area (Å²) in [4.78, 5) is 19.5. The molecule has 3 aromatic rings. The van der Waals surface area contributed by atoms with Crippen molar-refractivity contribution in [2.75, 3.05) is 27.3 Å². The molecule has 0 saturated carbocycles. The number of ether oxygens (including phenoxy) is 2. The summed E-state index contributed by atoms with van der Waals surface area (Å²) in [7, 11) is 3.19. The van der Waals surface area contributed by atoms with Crippen LogP contribution in [-0.4, -0.2) is 48.3 Å². The highest BCUT2D eigenvalue weighted by molar-refractivity contribution is 5.79. The van der Waals surface area contributed by atoms with Gasteiger partial charge in [0.2, 0.25) is 17.6 Å². The number of amides is 1. The van der Waals surface area contributed by atoms with Crippen molar-refractivity contribution < 1.29 is 18.8 Å². The smallest absolute Gasteiger partial charge is 0.241 e. The number of carbonyl (C=O) groups is 1. The van der Waals surface area contributed by atoms with Crippen LogP contribution in [0.1, 0.15) is 29.9 Å². The highest BCUT2D eigenvalue weighted by Gasteiger charge is 2.27. The minimum absolute atomic E-state index is 0.0446. The van der Waals surface area contributed by atoms with Crippen LogP contribution in [0, 0.1) is 12.8 Å². The lowest BCUT2D eigenvalue weighted by Crippen LogP contribution is -2.42. The van der Waals surface area contributed by atoms with Gasteiger partial charge >= 0.3 is 0 Å². The number of aromatic nitrogens is 2. The Morgan fingerprint density at radius 1 is 1.18 bits per heavy atom. The van der Waals surface area contributed by atoms with Crippen LogP contribution in [0.25, 0.3) is 11.4 Å². The zero-order chi connectivity index (χ0) is 23.2. The molecule has 8 nitrogen and oxygen atoms in total. The zero-order valence-corrected chi connectivity index (χ0v) is 19.3. The zero-order valence-electron chi connectivity index (χ0n) is 19.3. The topological polar surface area (TPSA) is 89.7 Å². The monoisotopic (exact) mass is 450 g/mol. The Morgan fingerprint density at radius 3 is 2.82 bits per heavy atom. The van der Waals surface area contributed by atoms with Gasteiger partial charge < -0.3 is 19.3 Å². The lowest BCUT2D eigenvalue weighted by Gasteiger charge is -2.30. The van der Waals surface area contributed by atoms with E-state index in [1.165, 1.54) is 5.56 Å². The molecule has 1 unspecified atom stereocenters. The number of piperidine rings is 1. The van der Waals surface area contributed by atoms with Crippen LogP contribution in [0.5, 0.6) is 11.5 Å². The molecule has 0 radical (unpaired) electrons. The molecule has 1 fully saturated rings. The van der Waals surface area contributed by atoms with Crippen LogP contribution in [0.4, 0.5) is 0 Å². The Balaban J connectivity index is 1.34. The maximum Gasteiger partial charge on any atom is 0.241 e. The highest BCUT2D eigenvalue weighted by Crippen LogP contribution is 2.31. The van der Waals surface area contributed by atoms with Crippen LogP contribution in [-0.2, 0) is 17.9 Å². The number of hydrogen-bond acceptors (Lipinski definition) is 7. The average molecular weight is 451 g/mol. The van der Waals surface area contributed by atoms with Crippen molar-refractivity contribution in [3.63, 3.8) is 0 Å². The van der Waals surface area contributed by atoms with Crippen molar-refractivity contribution in [3.8, 4) is 22.9 Å². The van der Waals surface area contributed by atoms with Crippen molar-refractivity contribution in [2.45, 2.75) is 32.9 Å². The molecule has 1 atom stereocenters. The van der Waals surface area contributed by atoms with Crippen molar-refractivity contribution in [1.29, 1.82) is 0 Å². The highest BCUT2D eigenvalue weighted by atomic mass is 16.5. The molecule has 1 aromatic heterocycles. The number of methoxy groups -OCH3 is 2. The van der Waals surface area contributed by atoms with E-state index >= 15 is 0 Å². The van der Waals surface area contributed by atoms with E-state index in [-0.39, 0.29) is 11.8 Å². The molecular formula is C25H30N4O4. The Hall–Kier alpha value is -3.39. The van der Waals surface area contributed by atoms with E-state index in [2.05, 4.69) is 39.4 Å². The van der Waals surface area contributed by atoms with Gasteiger partial charge in [-0.05, 0) is 50.1 Å². The first-order valence-corrected chi connectivity index (χ1v) is 11.2. The fraction of sp³-hybridized carbons (Fsp3) is 0.400. The molecule has 2 aromatic carbocycles. The summed E-state index contributed by atoms with van der Waals surface area (Å²) < 4.78 is 16.1. The standard InChI is InChI=1S/C25H30N4O4/c1-17-6-4-7-18(12-17)14-26-25(30)20-8-5-11-29(15-20)16-23-27-24(28-33-23)19-9-10-21(31-2)22(13-19)32-3/h4,6-7,9-10,12-13,20H,5,8,11,14-16H2,1-3H3,(H,26,30). The number of carbonyl (C=O) groups excluding carboxylic acids is 1. The second-order valence-corrected chi connectivity index (χ2v) is 8.36. The van der Waals surface area contributed by atoms with E-state index < -0.39 is 0 Å². The summed E-state index contributed by atoms with van der Waals surface area (Å²) in [6.45, 7) is 4.69. The van der Waals surface area contributed by atoms with Gasteiger partial charge in [-0.2, -0.15) is 4.98 Å². The quantitative estimate of drug-likeness (QED) is 0.561. The lowest BCUT2D eigenvalue weighted by atomic mass is 9.97. The Bertz CT molecular complexity index is 1100. The maximum absolute atomic E-state index is 12.7. The third kappa shape index (κ3) is 5.70. The molecular weight excluding hydrogens is 420 g/mol. The minimum Gasteiger partial charge on any atom is -0.493 e. The summed E-state index contributed by atoms with van der Waals surface area (Å²) >= 11 is 0. The first-order chi connectivity index (χ1) is 16.1. The van der Waals surface area contributed by atoms with Crippen molar-refractivity contribution in [2.24, 2.45) is 5.92 Å². The average Bonchev–Trinajstić information content (AvgIpc) is 3.30. The number of nitrogens with zero attached hydrogens (tertiary/aromatic N) is 3. The van der Waals surface area contributed by atoms with Gasteiger partial charge in [0, 0.05) is 18.7 Å². The second-order valence-electron chi connectivity index (χ2n) is 8.36. The Labute approximate surface area is 193 Å². The van der Waals surface area contributed by atoms with E-state index in [4.69, 9.17) is 14.0 Å². The van der Waals surface area contributed by atoms with Gasteiger partial charge in [-0.3, -0.25) is 9.69 Å². The van der Waals surface area contributed by atoms with Gasteiger partial charge in [-0.15, -0.1) is 0 Å². The third-order valence-electron chi connectivity index (χ3n) is 5.89. The second kappa shape index (κ2) is 10.5. The lowest BCUT2D eigenvalue weighted by molar-refractivity contribution is -0.127. The first kappa shape index (κ1) is 22.8. The molecule has 4 rings (SSSR count). The molecule has 1 N–H and O–H groups in total. The van der Waals surface area contributed by atoms with Crippen molar-refractivity contribution in [3.05, 3.63) is 59.5 Å². The summed E-state index contributed by atoms with van der Waals surface area (Å²) in [6, 6.07) is 13.7. The van der Waals surface area contributed by atoms with Crippen LogP contribution in [0.2, 0.25) is 0 Å². The van der Waals surface area contributed by atoms with Gasteiger partial charge in [-0.25, -0.2) is 0 Å². The van der Waals surface area contributed by atoms with E-state index in [9.17, 15) is 4.79 Å². The molecule has 0 spiro atoms. The summed E-state index contributed by atoms with van der Waals surface area (Å²) in [6.07, 6.45) is 1.84. The molecule has 8 heteroatoms. The number of rotatable bonds is 8. The fourth-order valence-electron chi connectivity index (χ4n) is 4.17. The molecule has 174 valence electrons. The van der Waals surface area contributed by atoms with Crippen molar-refractivity contribution in [1.82, 2.24) is 20.4 Å². The maximum atomic E-state index is 12.7. The predicted molar refractivity (Wildman–Crippen MR) is 124 cm³/mol. The minimum atomic E-state index is -0.0446. The van der Waals surface area contributed by atoms with Crippen LogP contribution >= 0.6 is 0 Å². The number of likely N-dealkylation sites (tertiary alicyclic amines) is 1. The molecule has 1 amide bonds. The van der Waals surface area contributed by atoms with Gasteiger partial charge in [0.05, 0.1) is 26.7 Å². The predicted octanol–water partition coefficient (Wildman–Crippen LogP) is 3.59. The third-order valence-corrected chi connectivity index (χ3v) is 5.89. The van der Waals surface area contributed by atoms with Gasteiger partial charge in [0.1, 0.15) is 0 Å². The fourth-order valence-corrected chi connectivity index (χ4v) is 4.17. The largest absolute Gasteiger partial charge is 0.493 e.